The van der Waals surface area contributed by atoms with Gasteiger partial charge in [0.15, 0.2) is 0 Å². The molecule has 0 heterocycles. The molecule has 2 rings (SSSR count). The Bertz CT molecular complexity index is 479. The Labute approximate surface area is 114 Å². The molecule has 106 valence electrons. The van der Waals surface area contributed by atoms with Crippen molar-refractivity contribution in [3.8, 4) is 0 Å². The third-order valence-corrected chi connectivity index (χ3v) is 4.98. The summed E-state index contributed by atoms with van der Waals surface area (Å²) in [4.78, 5) is 0. The van der Waals surface area contributed by atoms with E-state index < -0.39 is 10.0 Å². The van der Waals surface area contributed by atoms with Crippen LogP contribution in [0.25, 0.3) is 0 Å². The molecule has 0 amide bonds. The molecule has 4 nitrogen and oxygen atoms in total. The standard InChI is InChI=1S/C14H21NO3S/c16-14-8-6-13(7-9-14)15-19(17,18)11-10-12-4-2-1-3-5-12/h1-5,13-16H,6-11H2. The highest BCUT2D eigenvalue weighted by molar-refractivity contribution is 7.89. The summed E-state index contributed by atoms with van der Waals surface area (Å²) in [6.45, 7) is 0. The first-order valence-corrected chi connectivity index (χ1v) is 8.42. The van der Waals surface area contributed by atoms with Gasteiger partial charge >= 0.3 is 0 Å². The number of sulfonamides is 1. The summed E-state index contributed by atoms with van der Waals surface area (Å²) in [5.41, 5.74) is 1.03. The maximum atomic E-state index is 12.0. The first-order chi connectivity index (χ1) is 9.05. The Morgan fingerprint density at radius 3 is 2.37 bits per heavy atom. The fourth-order valence-electron chi connectivity index (χ4n) is 2.40. The molecule has 0 saturated heterocycles. The zero-order valence-corrected chi connectivity index (χ0v) is 11.8. The van der Waals surface area contributed by atoms with Crippen molar-refractivity contribution in [2.24, 2.45) is 0 Å². The number of aryl methyl sites for hydroxylation is 1. The van der Waals surface area contributed by atoms with E-state index in [4.69, 9.17) is 0 Å². The van der Waals surface area contributed by atoms with Crippen LogP contribution in [0.4, 0.5) is 0 Å². The SMILES string of the molecule is O=S(=O)(CCc1ccccc1)NC1CCC(O)CC1. The highest BCUT2D eigenvalue weighted by Crippen LogP contribution is 2.19. The lowest BCUT2D eigenvalue weighted by atomic mass is 9.94. The van der Waals surface area contributed by atoms with Crippen LogP contribution < -0.4 is 4.72 Å². The van der Waals surface area contributed by atoms with Gasteiger partial charge in [-0.2, -0.15) is 0 Å². The molecule has 1 fully saturated rings. The van der Waals surface area contributed by atoms with Gasteiger partial charge in [0.05, 0.1) is 11.9 Å². The molecule has 1 aromatic rings. The van der Waals surface area contributed by atoms with Crippen LogP contribution in [0.2, 0.25) is 0 Å². The molecule has 5 heteroatoms. The second-order valence-electron chi connectivity index (χ2n) is 5.18. The minimum Gasteiger partial charge on any atom is -0.393 e. The van der Waals surface area contributed by atoms with E-state index in [9.17, 15) is 13.5 Å². The van der Waals surface area contributed by atoms with Gasteiger partial charge < -0.3 is 5.11 Å². The van der Waals surface area contributed by atoms with Crippen LogP contribution in [0.1, 0.15) is 31.2 Å². The van der Waals surface area contributed by atoms with Gasteiger partial charge in [-0.25, -0.2) is 13.1 Å². The molecule has 2 N–H and O–H groups in total. The van der Waals surface area contributed by atoms with Crippen LogP contribution in [-0.4, -0.2) is 31.4 Å². The summed E-state index contributed by atoms with van der Waals surface area (Å²) < 4.78 is 26.7. The first-order valence-electron chi connectivity index (χ1n) is 6.77. The second kappa shape index (κ2) is 6.50. The molecule has 0 atom stereocenters. The van der Waals surface area contributed by atoms with Crippen molar-refractivity contribution in [3.63, 3.8) is 0 Å². The van der Waals surface area contributed by atoms with Crippen LogP contribution in [0, 0.1) is 0 Å². The van der Waals surface area contributed by atoms with E-state index in [1.165, 1.54) is 0 Å². The predicted molar refractivity (Wildman–Crippen MR) is 75.3 cm³/mol. The fraction of sp³-hybridized carbons (Fsp3) is 0.571. The minimum absolute atomic E-state index is 0.0100. The fourth-order valence-corrected chi connectivity index (χ4v) is 3.77. The number of aliphatic hydroxyl groups is 1. The van der Waals surface area contributed by atoms with Crippen LogP contribution in [0.3, 0.4) is 0 Å². The van der Waals surface area contributed by atoms with Crippen LogP contribution in [-0.2, 0) is 16.4 Å². The topological polar surface area (TPSA) is 66.4 Å². The molecule has 19 heavy (non-hydrogen) atoms. The Morgan fingerprint density at radius 1 is 1.11 bits per heavy atom. The average Bonchev–Trinajstić information content (AvgIpc) is 2.40. The van der Waals surface area contributed by atoms with Crippen molar-refractivity contribution in [2.75, 3.05) is 5.75 Å². The van der Waals surface area contributed by atoms with Crippen molar-refractivity contribution in [3.05, 3.63) is 35.9 Å². The number of rotatable bonds is 5. The van der Waals surface area contributed by atoms with Gasteiger partial charge in [-0.05, 0) is 37.7 Å². The largest absolute Gasteiger partial charge is 0.393 e. The van der Waals surface area contributed by atoms with E-state index in [0.717, 1.165) is 18.4 Å². The lowest BCUT2D eigenvalue weighted by Gasteiger charge is -2.25. The van der Waals surface area contributed by atoms with Gasteiger partial charge in [-0.3, -0.25) is 0 Å². The van der Waals surface area contributed by atoms with E-state index in [1.54, 1.807) is 0 Å². The van der Waals surface area contributed by atoms with Gasteiger partial charge in [0, 0.05) is 6.04 Å². The number of hydrogen-bond donors (Lipinski definition) is 2. The Morgan fingerprint density at radius 2 is 1.74 bits per heavy atom. The highest BCUT2D eigenvalue weighted by atomic mass is 32.2. The van der Waals surface area contributed by atoms with Crippen LogP contribution in [0.5, 0.6) is 0 Å². The van der Waals surface area contributed by atoms with Crippen molar-refractivity contribution < 1.29 is 13.5 Å². The number of hydrogen-bond acceptors (Lipinski definition) is 3. The monoisotopic (exact) mass is 283 g/mol. The summed E-state index contributed by atoms with van der Waals surface area (Å²) in [5.74, 6) is 0.121. The molecule has 0 radical (unpaired) electrons. The summed E-state index contributed by atoms with van der Waals surface area (Å²) in [5, 5.41) is 9.40. The van der Waals surface area contributed by atoms with E-state index in [-0.39, 0.29) is 17.9 Å². The maximum Gasteiger partial charge on any atom is 0.212 e. The Kier molecular flexibility index (Phi) is 4.96. The Hall–Kier alpha value is -0.910. The third-order valence-electron chi connectivity index (χ3n) is 3.55. The summed E-state index contributed by atoms with van der Waals surface area (Å²) >= 11 is 0. The van der Waals surface area contributed by atoms with Gasteiger partial charge in [-0.1, -0.05) is 30.3 Å². The van der Waals surface area contributed by atoms with Gasteiger partial charge in [0.25, 0.3) is 0 Å². The second-order valence-corrected chi connectivity index (χ2v) is 7.05. The van der Waals surface area contributed by atoms with Crippen LogP contribution in [0.15, 0.2) is 30.3 Å². The molecular formula is C14H21NO3S. The number of nitrogens with one attached hydrogen (secondary N) is 1. The van der Waals surface area contributed by atoms with E-state index in [2.05, 4.69) is 4.72 Å². The van der Waals surface area contributed by atoms with Crippen molar-refractivity contribution >= 4 is 10.0 Å². The maximum absolute atomic E-state index is 12.0. The molecular weight excluding hydrogens is 262 g/mol. The summed E-state index contributed by atoms with van der Waals surface area (Å²) in [7, 11) is -3.23. The normalized spacial score (nSPS) is 24.3. The molecule has 0 aromatic heterocycles. The molecule has 0 unspecified atom stereocenters. The van der Waals surface area contributed by atoms with E-state index in [0.29, 0.717) is 19.3 Å². The van der Waals surface area contributed by atoms with Crippen molar-refractivity contribution in [1.29, 1.82) is 0 Å². The average molecular weight is 283 g/mol. The third kappa shape index (κ3) is 4.93. The lowest BCUT2D eigenvalue weighted by Crippen LogP contribution is -2.40. The minimum atomic E-state index is -3.23. The molecule has 1 saturated carbocycles. The summed E-state index contributed by atoms with van der Waals surface area (Å²) in [6, 6.07) is 9.61. The number of benzene rings is 1. The van der Waals surface area contributed by atoms with Gasteiger partial charge in [0.1, 0.15) is 0 Å². The molecule has 0 aliphatic heterocycles. The van der Waals surface area contributed by atoms with Crippen molar-refractivity contribution in [1.82, 2.24) is 4.72 Å². The van der Waals surface area contributed by atoms with E-state index >= 15 is 0 Å². The molecule has 0 spiro atoms. The number of aliphatic hydroxyl groups excluding tert-OH is 1. The van der Waals surface area contributed by atoms with E-state index in [1.807, 2.05) is 30.3 Å². The zero-order valence-electron chi connectivity index (χ0n) is 11.0. The van der Waals surface area contributed by atoms with Gasteiger partial charge in [0.2, 0.25) is 10.0 Å². The molecule has 0 bridgehead atoms. The lowest BCUT2D eigenvalue weighted by molar-refractivity contribution is 0.120. The molecule has 1 aromatic carbocycles. The molecule has 1 aliphatic rings. The first kappa shape index (κ1) is 14.5. The summed E-state index contributed by atoms with van der Waals surface area (Å²) in [6.07, 6.45) is 3.10. The smallest absolute Gasteiger partial charge is 0.212 e. The van der Waals surface area contributed by atoms with Crippen molar-refractivity contribution in [2.45, 2.75) is 44.2 Å². The Balaban J connectivity index is 1.82. The predicted octanol–water partition coefficient (Wildman–Crippen LogP) is 1.45. The van der Waals surface area contributed by atoms with Gasteiger partial charge in [-0.15, -0.1) is 0 Å². The van der Waals surface area contributed by atoms with Crippen LogP contribution >= 0.6 is 0 Å². The highest BCUT2D eigenvalue weighted by Gasteiger charge is 2.23. The molecule has 1 aliphatic carbocycles. The zero-order chi connectivity index (χ0) is 13.7. The quantitative estimate of drug-likeness (QED) is 0.859.